The number of carboxylic acid groups (broad SMARTS) is 1. The highest BCUT2D eigenvalue weighted by Gasteiger charge is 2.10. The summed E-state index contributed by atoms with van der Waals surface area (Å²) in [6.45, 7) is 0. The number of ether oxygens (including phenoxy) is 1. The third-order valence-corrected chi connectivity index (χ3v) is 3.81. The monoisotopic (exact) mass is 349 g/mol. The molecule has 0 heterocycles. The number of benzene rings is 3. The van der Waals surface area contributed by atoms with Crippen LogP contribution in [0.25, 0.3) is 11.1 Å². The first-order valence-corrected chi connectivity index (χ1v) is 8.32. The zero-order valence-corrected chi connectivity index (χ0v) is 14.7. The van der Waals surface area contributed by atoms with Gasteiger partial charge in [-0.15, -0.1) is 0 Å². The van der Waals surface area contributed by atoms with Crippen molar-refractivity contribution >= 4 is 5.97 Å². The SMILES string of the molecule is COc1ccc(-c2ccccc2)cc1.NC(Cc1ccccc1)C(=O)O. The fourth-order valence-corrected chi connectivity index (χ4v) is 2.37. The summed E-state index contributed by atoms with van der Waals surface area (Å²) in [6.07, 6.45) is 0.385. The van der Waals surface area contributed by atoms with Gasteiger partial charge in [-0.3, -0.25) is 4.79 Å². The normalized spacial score (nSPS) is 11.0. The standard InChI is InChI=1S/C13H12O.C9H11NO2/c1-14-13-9-7-12(8-10-13)11-5-3-2-4-6-11;10-8(9(11)12)6-7-4-2-1-3-5-7/h2-10H,1H3;1-5,8H,6,10H2,(H,11,12). The molecule has 1 atom stereocenters. The Morgan fingerprint density at radius 1 is 0.885 bits per heavy atom. The van der Waals surface area contributed by atoms with Gasteiger partial charge >= 0.3 is 5.97 Å². The molecule has 0 aliphatic heterocycles. The molecule has 0 aliphatic rings. The van der Waals surface area contributed by atoms with Crippen molar-refractivity contribution in [2.24, 2.45) is 5.73 Å². The van der Waals surface area contributed by atoms with Gasteiger partial charge in [-0.2, -0.15) is 0 Å². The topological polar surface area (TPSA) is 72.5 Å². The van der Waals surface area contributed by atoms with Gasteiger partial charge in [0.2, 0.25) is 0 Å². The maximum atomic E-state index is 10.4. The van der Waals surface area contributed by atoms with E-state index < -0.39 is 12.0 Å². The number of methoxy groups -OCH3 is 1. The van der Waals surface area contributed by atoms with Crippen LogP contribution in [0.1, 0.15) is 5.56 Å². The van der Waals surface area contributed by atoms with Gasteiger partial charge in [-0.05, 0) is 35.2 Å². The molecule has 0 saturated heterocycles. The number of hydrogen-bond acceptors (Lipinski definition) is 3. The molecule has 4 nitrogen and oxygen atoms in total. The summed E-state index contributed by atoms with van der Waals surface area (Å²) in [4.78, 5) is 10.4. The van der Waals surface area contributed by atoms with Crippen molar-refractivity contribution in [3.05, 3.63) is 90.5 Å². The van der Waals surface area contributed by atoms with E-state index in [4.69, 9.17) is 15.6 Å². The molecule has 3 N–H and O–H groups in total. The van der Waals surface area contributed by atoms with E-state index in [0.717, 1.165) is 11.3 Å². The van der Waals surface area contributed by atoms with E-state index in [0.29, 0.717) is 6.42 Å². The Morgan fingerprint density at radius 3 is 1.88 bits per heavy atom. The van der Waals surface area contributed by atoms with E-state index in [1.54, 1.807) is 7.11 Å². The van der Waals surface area contributed by atoms with Crippen LogP contribution in [-0.2, 0) is 11.2 Å². The van der Waals surface area contributed by atoms with E-state index in [2.05, 4.69) is 24.3 Å². The molecule has 134 valence electrons. The molecular weight excluding hydrogens is 326 g/mol. The summed E-state index contributed by atoms with van der Waals surface area (Å²) in [5, 5.41) is 8.52. The highest BCUT2D eigenvalue weighted by molar-refractivity contribution is 5.73. The zero-order valence-electron chi connectivity index (χ0n) is 14.7. The fourth-order valence-electron chi connectivity index (χ4n) is 2.37. The molecule has 1 unspecified atom stereocenters. The van der Waals surface area contributed by atoms with Gasteiger partial charge in [0.05, 0.1) is 7.11 Å². The second-order valence-corrected chi connectivity index (χ2v) is 5.73. The van der Waals surface area contributed by atoms with Crippen LogP contribution in [0.5, 0.6) is 5.75 Å². The first kappa shape index (κ1) is 19.2. The molecule has 0 fully saturated rings. The Bertz CT molecular complexity index is 787. The van der Waals surface area contributed by atoms with Crippen molar-refractivity contribution < 1.29 is 14.6 Å². The minimum Gasteiger partial charge on any atom is -0.497 e. The molecule has 0 saturated carbocycles. The molecule has 0 bridgehead atoms. The minimum absolute atomic E-state index is 0.385. The van der Waals surface area contributed by atoms with Gasteiger partial charge in [0.25, 0.3) is 0 Å². The number of nitrogens with two attached hydrogens (primary N) is 1. The highest BCUT2D eigenvalue weighted by atomic mass is 16.5. The van der Waals surface area contributed by atoms with E-state index >= 15 is 0 Å². The Hall–Kier alpha value is -3.11. The fraction of sp³-hybridized carbons (Fsp3) is 0.136. The molecule has 4 heteroatoms. The predicted molar refractivity (Wildman–Crippen MR) is 104 cm³/mol. The molecule has 0 radical (unpaired) electrons. The van der Waals surface area contributed by atoms with Crippen molar-refractivity contribution in [3.8, 4) is 16.9 Å². The second kappa shape index (κ2) is 10.0. The summed E-state index contributed by atoms with van der Waals surface area (Å²) in [6, 6.07) is 26.9. The lowest BCUT2D eigenvalue weighted by molar-refractivity contribution is -0.138. The molecule has 26 heavy (non-hydrogen) atoms. The van der Waals surface area contributed by atoms with E-state index in [1.165, 1.54) is 11.1 Å². The van der Waals surface area contributed by atoms with Crippen molar-refractivity contribution in [2.75, 3.05) is 7.11 Å². The van der Waals surface area contributed by atoms with Crippen LogP contribution in [0.4, 0.5) is 0 Å². The number of rotatable bonds is 5. The summed E-state index contributed by atoms with van der Waals surface area (Å²) >= 11 is 0. The largest absolute Gasteiger partial charge is 0.497 e. The van der Waals surface area contributed by atoms with E-state index in [1.807, 2.05) is 60.7 Å². The molecule has 0 spiro atoms. The van der Waals surface area contributed by atoms with Crippen molar-refractivity contribution in [1.29, 1.82) is 0 Å². The Labute approximate surface area is 153 Å². The van der Waals surface area contributed by atoms with Crippen LogP contribution >= 0.6 is 0 Å². The predicted octanol–water partition coefficient (Wildman–Crippen LogP) is 4.00. The Morgan fingerprint density at radius 2 is 1.38 bits per heavy atom. The lowest BCUT2D eigenvalue weighted by atomic mass is 10.1. The average molecular weight is 349 g/mol. The molecular formula is C22H23NO3. The van der Waals surface area contributed by atoms with Crippen LogP contribution < -0.4 is 10.5 Å². The molecule has 0 amide bonds. The van der Waals surface area contributed by atoms with Crippen LogP contribution in [0, 0.1) is 0 Å². The van der Waals surface area contributed by atoms with Gasteiger partial charge in [0.15, 0.2) is 0 Å². The van der Waals surface area contributed by atoms with Crippen molar-refractivity contribution in [2.45, 2.75) is 12.5 Å². The van der Waals surface area contributed by atoms with Crippen molar-refractivity contribution in [3.63, 3.8) is 0 Å². The molecule has 3 aromatic carbocycles. The van der Waals surface area contributed by atoms with E-state index in [9.17, 15) is 4.79 Å². The molecule has 0 aliphatic carbocycles. The minimum atomic E-state index is -0.959. The van der Waals surface area contributed by atoms with Gasteiger partial charge in [0.1, 0.15) is 11.8 Å². The summed E-state index contributed by atoms with van der Waals surface area (Å²) < 4.78 is 5.11. The molecule has 3 aromatic rings. The van der Waals surface area contributed by atoms with Gasteiger partial charge < -0.3 is 15.6 Å². The first-order chi connectivity index (χ1) is 12.6. The lowest BCUT2D eigenvalue weighted by Crippen LogP contribution is -2.32. The highest BCUT2D eigenvalue weighted by Crippen LogP contribution is 2.21. The number of carbonyl (C=O) groups is 1. The molecule has 0 aromatic heterocycles. The number of hydrogen-bond donors (Lipinski definition) is 2. The van der Waals surface area contributed by atoms with Crippen molar-refractivity contribution in [1.82, 2.24) is 0 Å². The third-order valence-electron chi connectivity index (χ3n) is 3.81. The molecule has 3 rings (SSSR count). The van der Waals surface area contributed by atoms with Crippen LogP contribution in [0.15, 0.2) is 84.9 Å². The van der Waals surface area contributed by atoms with Gasteiger partial charge in [-0.25, -0.2) is 0 Å². The van der Waals surface area contributed by atoms with Gasteiger partial charge in [0, 0.05) is 0 Å². The zero-order chi connectivity index (χ0) is 18.8. The second-order valence-electron chi connectivity index (χ2n) is 5.73. The maximum absolute atomic E-state index is 10.4. The smallest absolute Gasteiger partial charge is 0.320 e. The first-order valence-electron chi connectivity index (χ1n) is 8.32. The third kappa shape index (κ3) is 6.07. The lowest BCUT2D eigenvalue weighted by Gasteiger charge is -2.04. The quantitative estimate of drug-likeness (QED) is 0.730. The van der Waals surface area contributed by atoms with Gasteiger partial charge in [-0.1, -0.05) is 72.8 Å². The average Bonchev–Trinajstić information content (AvgIpc) is 2.70. The summed E-state index contributed by atoms with van der Waals surface area (Å²) in [5.41, 5.74) is 8.75. The van der Waals surface area contributed by atoms with Crippen LogP contribution in [0.2, 0.25) is 0 Å². The summed E-state index contributed by atoms with van der Waals surface area (Å²) in [5.74, 6) is -0.0662. The Kier molecular flexibility index (Phi) is 7.40. The van der Waals surface area contributed by atoms with Crippen LogP contribution in [0.3, 0.4) is 0 Å². The maximum Gasteiger partial charge on any atom is 0.320 e. The summed E-state index contributed by atoms with van der Waals surface area (Å²) in [7, 11) is 1.68. The Balaban J connectivity index is 0.000000190. The van der Waals surface area contributed by atoms with Crippen LogP contribution in [-0.4, -0.2) is 24.2 Å². The van der Waals surface area contributed by atoms with E-state index in [-0.39, 0.29) is 0 Å². The number of aliphatic carboxylic acids is 1. The number of carboxylic acids is 1.